The number of hydrogen-bond donors (Lipinski definition) is 1. The normalized spacial score (nSPS) is 19.8. The highest BCUT2D eigenvalue weighted by Crippen LogP contribution is 2.12. The van der Waals surface area contributed by atoms with Gasteiger partial charge in [-0.2, -0.15) is 5.26 Å². The summed E-state index contributed by atoms with van der Waals surface area (Å²) in [5, 5.41) is 17.9. The molecule has 1 amide bonds. The van der Waals surface area contributed by atoms with E-state index in [-0.39, 0.29) is 24.6 Å². The number of aliphatic hydroxyl groups excluding tert-OH is 1. The average Bonchev–Trinajstić information content (AvgIpc) is 2.53. The van der Waals surface area contributed by atoms with Crippen molar-refractivity contribution >= 4 is 5.91 Å². The first-order chi connectivity index (χ1) is 10.0. The molecule has 1 heterocycles. The Labute approximate surface area is 127 Å². The summed E-state index contributed by atoms with van der Waals surface area (Å²) in [6.45, 7) is 8.17. The van der Waals surface area contributed by atoms with Gasteiger partial charge >= 0.3 is 0 Å². The summed E-state index contributed by atoms with van der Waals surface area (Å²) >= 11 is 0. The van der Waals surface area contributed by atoms with Crippen LogP contribution in [-0.2, 0) is 4.79 Å². The molecule has 6 nitrogen and oxygen atoms in total. The molecule has 0 bridgehead atoms. The number of piperazine rings is 1. The van der Waals surface area contributed by atoms with E-state index in [0.717, 1.165) is 32.6 Å². The van der Waals surface area contributed by atoms with Crippen LogP contribution < -0.4 is 0 Å². The van der Waals surface area contributed by atoms with Gasteiger partial charge in [0.05, 0.1) is 25.1 Å². The molecule has 0 aromatic carbocycles. The van der Waals surface area contributed by atoms with Gasteiger partial charge in [0, 0.05) is 45.8 Å². The van der Waals surface area contributed by atoms with Crippen molar-refractivity contribution < 1.29 is 9.90 Å². The summed E-state index contributed by atoms with van der Waals surface area (Å²) in [7, 11) is 1.76. The molecule has 1 aliphatic rings. The quantitative estimate of drug-likeness (QED) is 0.723. The van der Waals surface area contributed by atoms with Gasteiger partial charge in [-0.1, -0.05) is 6.92 Å². The van der Waals surface area contributed by atoms with E-state index >= 15 is 0 Å². The number of carbonyl (C=O) groups is 1. The standard InChI is InChI=1S/C15H28N4O2/c1-4-14(12-20)19-10-8-18(9-11-19)13(2)15(21)17(3)7-5-6-16/h13-14,20H,4-5,7-12H2,1-3H3. The molecule has 0 spiro atoms. The summed E-state index contributed by atoms with van der Waals surface area (Å²) in [5.74, 6) is 0.0768. The van der Waals surface area contributed by atoms with Crippen LogP contribution in [0, 0.1) is 11.3 Å². The third-order valence-corrected chi connectivity index (χ3v) is 4.39. The molecule has 1 fully saturated rings. The van der Waals surface area contributed by atoms with Gasteiger partial charge in [-0.15, -0.1) is 0 Å². The lowest BCUT2D eigenvalue weighted by Crippen LogP contribution is -2.56. The molecule has 0 aromatic heterocycles. The average molecular weight is 296 g/mol. The zero-order valence-corrected chi connectivity index (χ0v) is 13.5. The minimum Gasteiger partial charge on any atom is -0.395 e. The Morgan fingerprint density at radius 3 is 2.38 bits per heavy atom. The van der Waals surface area contributed by atoms with E-state index in [0.29, 0.717) is 13.0 Å². The lowest BCUT2D eigenvalue weighted by Gasteiger charge is -2.41. The number of hydrogen-bond acceptors (Lipinski definition) is 5. The second-order valence-electron chi connectivity index (χ2n) is 5.66. The third-order valence-electron chi connectivity index (χ3n) is 4.39. The van der Waals surface area contributed by atoms with Gasteiger partial charge < -0.3 is 10.0 Å². The summed E-state index contributed by atoms with van der Waals surface area (Å²) in [6, 6.07) is 2.15. The van der Waals surface area contributed by atoms with E-state index in [1.54, 1.807) is 11.9 Å². The van der Waals surface area contributed by atoms with Gasteiger partial charge in [0.1, 0.15) is 0 Å². The number of nitrogens with zero attached hydrogens (tertiary/aromatic N) is 4. The fraction of sp³-hybridized carbons (Fsp3) is 0.867. The second kappa shape index (κ2) is 8.98. The van der Waals surface area contributed by atoms with Crippen molar-refractivity contribution in [1.29, 1.82) is 5.26 Å². The monoisotopic (exact) mass is 296 g/mol. The smallest absolute Gasteiger partial charge is 0.239 e. The highest BCUT2D eigenvalue weighted by atomic mass is 16.3. The van der Waals surface area contributed by atoms with E-state index in [1.165, 1.54) is 0 Å². The Hall–Kier alpha value is -1.16. The van der Waals surface area contributed by atoms with Gasteiger partial charge in [-0.3, -0.25) is 14.6 Å². The van der Waals surface area contributed by atoms with Gasteiger partial charge in [0.15, 0.2) is 0 Å². The van der Waals surface area contributed by atoms with Crippen LogP contribution in [0.2, 0.25) is 0 Å². The van der Waals surface area contributed by atoms with Crippen molar-refractivity contribution in [3.05, 3.63) is 0 Å². The maximum absolute atomic E-state index is 12.3. The molecule has 0 saturated carbocycles. The van der Waals surface area contributed by atoms with Crippen LogP contribution in [0.3, 0.4) is 0 Å². The van der Waals surface area contributed by atoms with Gasteiger partial charge in [-0.25, -0.2) is 0 Å². The van der Waals surface area contributed by atoms with Crippen molar-refractivity contribution in [1.82, 2.24) is 14.7 Å². The highest BCUT2D eigenvalue weighted by molar-refractivity contribution is 5.81. The first kappa shape index (κ1) is 17.9. The van der Waals surface area contributed by atoms with Gasteiger partial charge in [0.25, 0.3) is 0 Å². The molecule has 0 aliphatic carbocycles. The van der Waals surface area contributed by atoms with Crippen molar-refractivity contribution in [2.75, 3.05) is 46.4 Å². The number of amides is 1. The van der Waals surface area contributed by atoms with Gasteiger partial charge in [0.2, 0.25) is 5.91 Å². The predicted molar refractivity (Wildman–Crippen MR) is 81.6 cm³/mol. The molecule has 1 N–H and O–H groups in total. The summed E-state index contributed by atoms with van der Waals surface area (Å²) in [4.78, 5) is 18.4. The van der Waals surface area contributed by atoms with Gasteiger partial charge in [-0.05, 0) is 13.3 Å². The Kier molecular flexibility index (Phi) is 7.65. The first-order valence-corrected chi connectivity index (χ1v) is 7.76. The lowest BCUT2D eigenvalue weighted by atomic mass is 10.1. The number of rotatable bonds is 7. The van der Waals surface area contributed by atoms with Crippen LogP contribution in [-0.4, -0.2) is 84.2 Å². The van der Waals surface area contributed by atoms with E-state index in [1.807, 2.05) is 6.92 Å². The van der Waals surface area contributed by atoms with E-state index in [2.05, 4.69) is 22.8 Å². The molecule has 1 rings (SSSR count). The maximum Gasteiger partial charge on any atom is 0.239 e. The molecule has 21 heavy (non-hydrogen) atoms. The molecule has 120 valence electrons. The fourth-order valence-electron chi connectivity index (χ4n) is 2.80. The van der Waals surface area contributed by atoms with Crippen LogP contribution in [0.25, 0.3) is 0 Å². The second-order valence-corrected chi connectivity index (χ2v) is 5.66. The van der Waals surface area contributed by atoms with Crippen LogP contribution in [0.1, 0.15) is 26.7 Å². The van der Waals surface area contributed by atoms with Crippen molar-refractivity contribution in [3.8, 4) is 6.07 Å². The van der Waals surface area contributed by atoms with Crippen LogP contribution in [0.4, 0.5) is 0 Å². The molecule has 2 unspecified atom stereocenters. The number of aliphatic hydroxyl groups is 1. The minimum absolute atomic E-state index is 0.0768. The molecule has 1 saturated heterocycles. The SMILES string of the molecule is CCC(CO)N1CCN(C(C)C(=O)N(C)CCC#N)CC1. The zero-order chi connectivity index (χ0) is 15.8. The molecular formula is C15H28N4O2. The minimum atomic E-state index is -0.148. The van der Waals surface area contributed by atoms with E-state index in [9.17, 15) is 9.90 Å². The Morgan fingerprint density at radius 1 is 1.33 bits per heavy atom. The first-order valence-electron chi connectivity index (χ1n) is 7.76. The Morgan fingerprint density at radius 2 is 1.90 bits per heavy atom. The largest absolute Gasteiger partial charge is 0.395 e. The summed E-state index contributed by atoms with van der Waals surface area (Å²) in [5.41, 5.74) is 0. The van der Waals surface area contributed by atoms with Crippen LogP contribution in [0.15, 0.2) is 0 Å². The number of likely N-dealkylation sites (N-methyl/N-ethyl adjacent to an activating group) is 1. The Bertz CT molecular complexity index is 357. The van der Waals surface area contributed by atoms with E-state index < -0.39 is 0 Å². The molecular weight excluding hydrogens is 268 g/mol. The van der Waals surface area contributed by atoms with Crippen molar-refractivity contribution in [3.63, 3.8) is 0 Å². The summed E-state index contributed by atoms with van der Waals surface area (Å²) in [6.07, 6.45) is 1.32. The third kappa shape index (κ3) is 4.95. The molecule has 0 aromatic rings. The van der Waals surface area contributed by atoms with Crippen molar-refractivity contribution in [2.45, 2.75) is 38.8 Å². The Balaban J connectivity index is 2.46. The van der Waals surface area contributed by atoms with Crippen LogP contribution >= 0.6 is 0 Å². The summed E-state index contributed by atoms with van der Waals surface area (Å²) < 4.78 is 0. The highest BCUT2D eigenvalue weighted by Gasteiger charge is 2.29. The molecule has 1 aliphatic heterocycles. The molecule has 2 atom stereocenters. The molecule has 6 heteroatoms. The zero-order valence-electron chi connectivity index (χ0n) is 13.5. The maximum atomic E-state index is 12.3. The van der Waals surface area contributed by atoms with E-state index in [4.69, 9.17) is 5.26 Å². The fourth-order valence-corrected chi connectivity index (χ4v) is 2.80. The number of carbonyl (C=O) groups excluding carboxylic acids is 1. The predicted octanol–water partition coefficient (Wildman–Crippen LogP) is 0.135. The molecule has 0 radical (unpaired) electrons. The number of nitriles is 1. The lowest BCUT2D eigenvalue weighted by molar-refractivity contribution is -0.135. The topological polar surface area (TPSA) is 70.8 Å². The van der Waals surface area contributed by atoms with Crippen LogP contribution in [0.5, 0.6) is 0 Å². The van der Waals surface area contributed by atoms with Crippen molar-refractivity contribution in [2.24, 2.45) is 0 Å².